The fourth-order valence-electron chi connectivity index (χ4n) is 1.04. The normalized spacial score (nSPS) is 10.2. The first-order chi connectivity index (χ1) is 6.27. The minimum absolute atomic E-state index is 0.165. The van der Waals surface area contributed by atoms with E-state index >= 15 is 0 Å². The van der Waals surface area contributed by atoms with Gasteiger partial charge in [0.25, 0.3) is 0 Å². The zero-order valence-electron chi connectivity index (χ0n) is 6.65. The molecule has 3 N–H and O–H groups in total. The number of nitrogen functional groups attached to an aromatic ring is 1. The maximum atomic E-state index is 10.7. The molecule has 0 atom stereocenters. The van der Waals surface area contributed by atoms with Gasteiger partial charge in [-0.2, -0.15) is 4.98 Å². The predicted molar refractivity (Wildman–Crippen MR) is 47.0 cm³/mol. The highest BCUT2D eigenvalue weighted by molar-refractivity contribution is 5.67. The van der Waals surface area contributed by atoms with Crippen molar-refractivity contribution in [3.8, 4) is 11.3 Å². The second-order valence-corrected chi connectivity index (χ2v) is 2.48. The molecule has 0 unspecified atom stereocenters. The van der Waals surface area contributed by atoms with Crippen molar-refractivity contribution in [1.29, 1.82) is 0 Å². The Morgan fingerprint density at radius 2 is 2.38 bits per heavy atom. The second-order valence-electron chi connectivity index (χ2n) is 2.48. The van der Waals surface area contributed by atoms with Crippen molar-refractivity contribution in [2.45, 2.75) is 0 Å². The van der Waals surface area contributed by atoms with Crippen molar-refractivity contribution in [3.05, 3.63) is 35.1 Å². The van der Waals surface area contributed by atoms with Gasteiger partial charge in [-0.1, -0.05) is 0 Å². The standard InChI is InChI=1S/C8H7N3O2/c9-7-5(4-10-8(12)11-7)6-2-1-3-13-6/h1-4H,(H3,9,10,11,12). The molecule has 0 aromatic carbocycles. The number of hydrogen-bond donors (Lipinski definition) is 2. The number of aromatic amines is 1. The van der Waals surface area contributed by atoms with Gasteiger partial charge in [0.2, 0.25) is 0 Å². The summed E-state index contributed by atoms with van der Waals surface area (Å²) in [5.41, 5.74) is 5.64. The summed E-state index contributed by atoms with van der Waals surface area (Å²) in [6.45, 7) is 0. The van der Waals surface area contributed by atoms with Crippen LogP contribution < -0.4 is 11.4 Å². The Hall–Kier alpha value is -2.04. The van der Waals surface area contributed by atoms with Crippen LogP contribution in [0.3, 0.4) is 0 Å². The summed E-state index contributed by atoms with van der Waals surface area (Å²) in [4.78, 5) is 16.7. The fraction of sp³-hybridized carbons (Fsp3) is 0. The molecule has 0 aliphatic heterocycles. The average Bonchev–Trinajstić information content (AvgIpc) is 2.56. The molecule has 0 saturated carbocycles. The number of aromatic nitrogens is 2. The summed E-state index contributed by atoms with van der Waals surface area (Å²) >= 11 is 0. The number of nitrogens with one attached hydrogen (secondary N) is 1. The van der Waals surface area contributed by atoms with Gasteiger partial charge in [0.05, 0.1) is 11.8 Å². The Balaban J connectivity index is 2.60. The van der Waals surface area contributed by atoms with Crippen LogP contribution in [0.5, 0.6) is 0 Å². The van der Waals surface area contributed by atoms with E-state index in [1.54, 1.807) is 12.1 Å². The van der Waals surface area contributed by atoms with E-state index < -0.39 is 5.69 Å². The highest BCUT2D eigenvalue weighted by Gasteiger charge is 2.05. The monoisotopic (exact) mass is 177 g/mol. The quantitative estimate of drug-likeness (QED) is 0.668. The van der Waals surface area contributed by atoms with Crippen LogP contribution in [0.4, 0.5) is 5.82 Å². The van der Waals surface area contributed by atoms with Gasteiger partial charge in [0.1, 0.15) is 11.6 Å². The summed E-state index contributed by atoms with van der Waals surface area (Å²) in [6, 6.07) is 3.48. The lowest BCUT2D eigenvalue weighted by Gasteiger charge is -1.98. The smallest absolute Gasteiger partial charge is 0.346 e. The van der Waals surface area contributed by atoms with Crippen LogP contribution in [0, 0.1) is 0 Å². The predicted octanol–water partition coefficient (Wildman–Crippen LogP) is 0.612. The minimum Gasteiger partial charge on any atom is -0.464 e. The summed E-state index contributed by atoms with van der Waals surface area (Å²) in [7, 11) is 0. The van der Waals surface area contributed by atoms with Gasteiger partial charge in [0, 0.05) is 6.20 Å². The van der Waals surface area contributed by atoms with Crippen LogP contribution in [0.25, 0.3) is 11.3 Å². The molecule has 2 aromatic rings. The van der Waals surface area contributed by atoms with E-state index in [1.165, 1.54) is 12.5 Å². The van der Waals surface area contributed by atoms with Gasteiger partial charge >= 0.3 is 5.69 Å². The van der Waals surface area contributed by atoms with E-state index in [2.05, 4.69) is 9.97 Å². The molecule has 13 heavy (non-hydrogen) atoms. The van der Waals surface area contributed by atoms with Crippen molar-refractivity contribution < 1.29 is 4.42 Å². The number of H-pyrrole nitrogens is 1. The number of anilines is 1. The lowest BCUT2D eigenvalue weighted by molar-refractivity contribution is 0.582. The summed E-state index contributed by atoms with van der Waals surface area (Å²) < 4.78 is 5.10. The molecule has 0 fully saturated rings. The van der Waals surface area contributed by atoms with E-state index in [0.29, 0.717) is 11.3 Å². The SMILES string of the molecule is Nc1nc(=O)[nH]cc1-c1ccco1. The first kappa shape index (κ1) is 7.60. The molecule has 0 amide bonds. The van der Waals surface area contributed by atoms with Gasteiger partial charge in [-0.3, -0.25) is 0 Å². The highest BCUT2D eigenvalue weighted by atomic mass is 16.3. The summed E-state index contributed by atoms with van der Waals surface area (Å²) in [6.07, 6.45) is 3.00. The molecular weight excluding hydrogens is 170 g/mol. The maximum Gasteiger partial charge on any atom is 0.346 e. The Morgan fingerprint density at radius 3 is 3.00 bits per heavy atom. The molecule has 0 saturated heterocycles. The van der Waals surface area contributed by atoms with Gasteiger partial charge in [-0.05, 0) is 12.1 Å². The fourth-order valence-corrected chi connectivity index (χ4v) is 1.04. The minimum atomic E-state index is -0.465. The topological polar surface area (TPSA) is 84.9 Å². The Bertz CT molecular complexity index is 458. The molecule has 2 rings (SSSR count). The molecule has 2 aromatic heterocycles. The van der Waals surface area contributed by atoms with Gasteiger partial charge in [-0.15, -0.1) is 0 Å². The second kappa shape index (κ2) is 2.78. The zero-order chi connectivity index (χ0) is 9.26. The average molecular weight is 177 g/mol. The van der Waals surface area contributed by atoms with Crippen LogP contribution in [0.2, 0.25) is 0 Å². The van der Waals surface area contributed by atoms with Crippen molar-refractivity contribution in [1.82, 2.24) is 9.97 Å². The molecule has 66 valence electrons. The van der Waals surface area contributed by atoms with E-state index in [0.717, 1.165) is 0 Å². The van der Waals surface area contributed by atoms with Crippen LogP contribution in [0.15, 0.2) is 33.8 Å². The number of rotatable bonds is 1. The lowest BCUT2D eigenvalue weighted by atomic mass is 10.2. The van der Waals surface area contributed by atoms with Crippen LogP contribution in [0.1, 0.15) is 0 Å². The maximum absolute atomic E-state index is 10.7. The molecule has 0 radical (unpaired) electrons. The number of nitrogens with zero attached hydrogens (tertiary/aromatic N) is 1. The van der Waals surface area contributed by atoms with Gasteiger partial charge < -0.3 is 15.1 Å². The molecule has 0 aliphatic carbocycles. The molecule has 0 spiro atoms. The number of nitrogens with two attached hydrogens (primary N) is 1. The first-order valence-corrected chi connectivity index (χ1v) is 3.66. The van der Waals surface area contributed by atoms with E-state index in [4.69, 9.17) is 10.2 Å². The number of hydrogen-bond acceptors (Lipinski definition) is 4. The number of furan rings is 1. The summed E-state index contributed by atoms with van der Waals surface area (Å²) in [5, 5.41) is 0. The molecule has 5 nitrogen and oxygen atoms in total. The Labute approximate surface area is 73.2 Å². The Kier molecular flexibility index (Phi) is 1.63. The van der Waals surface area contributed by atoms with Crippen LogP contribution >= 0.6 is 0 Å². The van der Waals surface area contributed by atoms with E-state index in [1.807, 2.05) is 0 Å². The van der Waals surface area contributed by atoms with E-state index in [9.17, 15) is 4.79 Å². The van der Waals surface area contributed by atoms with Crippen molar-refractivity contribution in [2.24, 2.45) is 0 Å². The molecule has 2 heterocycles. The molecular formula is C8H7N3O2. The zero-order valence-corrected chi connectivity index (χ0v) is 6.65. The van der Waals surface area contributed by atoms with E-state index in [-0.39, 0.29) is 5.82 Å². The van der Waals surface area contributed by atoms with Crippen molar-refractivity contribution in [3.63, 3.8) is 0 Å². The van der Waals surface area contributed by atoms with Gasteiger partial charge in [0.15, 0.2) is 0 Å². The molecule has 5 heteroatoms. The largest absolute Gasteiger partial charge is 0.464 e. The van der Waals surface area contributed by atoms with Crippen LogP contribution in [-0.2, 0) is 0 Å². The van der Waals surface area contributed by atoms with Crippen molar-refractivity contribution in [2.75, 3.05) is 5.73 Å². The molecule has 0 bridgehead atoms. The summed E-state index contributed by atoms with van der Waals surface area (Å²) in [5.74, 6) is 0.750. The third kappa shape index (κ3) is 1.31. The first-order valence-electron chi connectivity index (χ1n) is 3.66. The van der Waals surface area contributed by atoms with Crippen LogP contribution in [-0.4, -0.2) is 9.97 Å². The van der Waals surface area contributed by atoms with Crippen molar-refractivity contribution >= 4 is 5.82 Å². The highest BCUT2D eigenvalue weighted by Crippen LogP contribution is 2.21. The third-order valence-electron chi connectivity index (χ3n) is 1.62. The lowest BCUT2D eigenvalue weighted by Crippen LogP contribution is -2.12. The third-order valence-corrected chi connectivity index (χ3v) is 1.62. The molecule has 0 aliphatic rings. The Morgan fingerprint density at radius 1 is 1.54 bits per heavy atom. The van der Waals surface area contributed by atoms with Gasteiger partial charge in [-0.25, -0.2) is 4.79 Å².